The molecule has 0 saturated heterocycles. The lowest BCUT2D eigenvalue weighted by atomic mass is 10.0. The van der Waals surface area contributed by atoms with Gasteiger partial charge in [-0.25, -0.2) is 4.79 Å². The lowest BCUT2D eigenvalue weighted by Gasteiger charge is -2.14. The Morgan fingerprint density at radius 3 is 2.41 bits per heavy atom. The van der Waals surface area contributed by atoms with Gasteiger partial charge in [0.05, 0.1) is 27.9 Å². The van der Waals surface area contributed by atoms with Crippen LogP contribution in [0.1, 0.15) is 27.4 Å². The molecule has 0 aliphatic heterocycles. The SMILES string of the molecule is Cc1noc(C)c1COc1cc2ccccc2cc1C(=O)Nc1ccc2c(c1)n(C)c(=O)n2C. The van der Waals surface area contributed by atoms with Crippen LogP contribution < -0.4 is 15.7 Å². The van der Waals surface area contributed by atoms with Gasteiger partial charge < -0.3 is 14.6 Å². The number of ether oxygens (including phenoxy) is 1. The molecule has 5 rings (SSSR count). The van der Waals surface area contributed by atoms with Crippen LogP contribution in [0.15, 0.2) is 63.9 Å². The quantitative estimate of drug-likeness (QED) is 0.421. The Kier molecular flexibility index (Phi) is 5.20. The Morgan fingerprint density at radius 1 is 1.00 bits per heavy atom. The predicted molar refractivity (Wildman–Crippen MR) is 130 cm³/mol. The molecule has 8 heteroatoms. The van der Waals surface area contributed by atoms with E-state index in [1.165, 1.54) is 0 Å². The number of nitrogens with one attached hydrogen (secondary N) is 1. The maximum Gasteiger partial charge on any atom is 0.328 e. The van der Waals surface area contributed by atoms with Crippen LogP contribution in [0.3, 0.4) is 0 Å². The molecule has 3 aromatic carbocycles. The number of rotatable bonds is 5. The van der Waals surface area contributed by atoms with E-state index in [-0.39, 0.29) is 18.2 Å². The zero-order valence-electron chi connectivity index (χ0n) is 19.4. The molecule has 0 bridgehead atoms. The minimum atomic E-state index is -0.306. The molecule has 2 aromatic heterocycles. The Morgan fingerprint density at radius 2 is 1.71 bits per heavy atom. The maximum absolute atomic E-state index is 13.4. The summed E-state index contributed by atoms with van der Waals surface area (Å²) in [5.74, 6) is 0.843. The number of hydrogen-bond donors (Lipinski definition) is 1. The van der Waals surface area contributed by atoms with Crippen molar-refractivity contribution in [2.24, 2.45) is 14.1 Å². The predicted octanol–water partition coefficient (Wildman–Crippen LogP) is 4.47. The summed E-state index contributed by atoms with van der Waals surface area (Å²) in [6.45, 7) is 3.92. The molecular formula is C26H24N4O4. The number of benzene rings is 3. The van der Waals surface area contributed by atoms with Crippen molar-refractivity contribution in [3.8, 4) is 5.75 Å². The summed E-state index contributed by atoms with van der Waals surface area (Å²) >= 11 is 0. The van der Waals surface area contributed by atoms with Crippen LogP contribution in [0, 0.1) is 13.8 Å². The van der Waals surface area contributed by atoms with Crippen LogP contribution in [0.2, 0.25) is 0 Å². The molecule has 0 unspecified atom stereocenters. The van der Waals surface area contributed by atoms with E-state index in [1.54, 1.807) is 35.4 Å². The zero-order valence-corrected chi connectivity index (χ0v) is 19.4. The summed E-state index contributed by atoms with van der Waals surface area (Å²) in [5.41, 5.74) is 4.01. The molecule has 1 amide bonds. The van der Waals surface area contributed by atoms with Crippen molar-refractivity contribution in [3.63, 3.8) is 0 Å². The van der Waals surface area contributed by atoms with E-state index < -0.39 is 0 Å². The van der Waals surface area contributed by atoms with Crippen LogP contribution in [0.5, 0.6) is 5.75 Å². The Hall–Kier alpha value is -4.33. The fourth-order valence-electron chi connectivity index (χ4n) is 4.16. The standard InChI is InChI=1S/C26H24N4O4/c1-15-21(16(2)34-28-15)14-33-24-12-18-8-6-5-7-17(18)11-20(24)25(31)27-19-9-10-22-23(13-19)30(4)26(32)29(22)3/h5-13H,14H2,1-4H3,(H,27,31). The third-order valence-electron chi connectivity index (χ3n) is 6.18. The van der Waals surface area contributed by atoms with Gasteiger partial charge in [-0.05, 0) is 55.0 Å². The minimum absolute atomic E-state index is 0.122. The van der Waals surface area contributed by atoms with Gasteiger partial charge in [0, 0.05) is 19.8 Å². The van der Waals surface area contributed by atoms with Gasteiger partial charge in [0.15, 0.2) is 0 Å². The van der Waals surface area contributed by atoms with Gasteiger partial charge in [-0.2, -0.15) is 0 Å². The van der Waals surface area contributed by atoms with Gasteiger partial charge in [0.25, 0.3) is 5.91 Å². The number of carbonyl (C=O) groups excluding carboxylic acids is 1. The van der Waals surface area contributed by atoms with Gasteiger partial charge in [-0.3, -0.25) is 13.9 Å². The number of fused-ring (bicyclic) bond motifs is 2. The van der Waals surface area contributed by atoms with E-state index in [9.17, 15) is 9.59 Å². The second-order valence-corrected chi connectivity index (χ2v) is 8.35. The number of carbonyl (C=O) groups is 1. The second kappa shape index (κ2) is 8.22. The first-order valence-corrected chi connectivity index (χ1v) is 10.9. The van der Waals surface area contributed by atoms with E-state index in [4.69, 9.17) is 9.26 Å². The fourth-order valence-corrected chi connectivity index (χ4v) is 4.16. The van der Waals surface area contributed by atoms with E-state index in [1.807, 2.05) is 56.3 Å². The van der Waals surface area contributed by atoms with E-state index in [2.05, 4.69) is 10.5 Å². The van der Waals surface area contributed by atoms with Crippen LogP contribution in [0.4, 0.5) is 5.69 Å². The smallest absolute Gasteiger partial charge is 0.328 e. The number of imidazole rings is 1. The molecule has 0 aliphatic rings. The molecule has 0 spiro atoms. The Labute approximate surface area is 195 Å². The fraction of sp³-hybridized carbons (Fsp3) is 0.192. The van der Waals surface area contributed by atoms with Crippen LogP contribution in [-0.4, -0.2) is 20.2 Å². The highest BCUT2D eigenvalue weighted by atomic mass is 16.5. The zero-order chi connectivity index (χ0) is 24.0. The summed E-state index contributed by atoms with van der Waals surface area (Å²) in [6, 6.07) is 16.9. The molecule has 5 aromatic rings. The molecule has 0 radical (unpaired) electrons. The maximum atomic E-state index is 13.4. The van der Waals surface area contributed by atoms with E-state index >= 15 is 0 Å². The van der Waals surface area contributed by atoms with Crippen LogP contribution in [0.25, 0.3) is 21.8 Å². The van der Waals surface area contributed by atoms with Crippen LogP contribution in [-0.2, 0) is 20.7 Å². The first kappa shape index (κ1) is 21.5. The molecule has 0 fully saturated rings. The monoisotopic (exact) mass is 456 g/mol. The first-order chi connectivity index (χ1) is 16.3. The number of amides is 1. The second-order valence-electron chi connectivity index (χ2n) is 8.35. The lowest BCUT2D eigenvalue weighted by molar-refractivity contribution is 0.102. The highest BCUT2D eigenvalue weighted by Crippen LogP contribution is 2.29. The third-order valence-corrected chi connectivity index (χ3v) is 6.18. The molecule has 0 aliphatic carbocycles. The normalized spacial score (nSPS) is 11.3. The molecule has 34 heavy (non-hydrogen) atoms. The summed E-state index contributed by atoms with van der Waals surface area (Å²) in [7, 11) is 3.43. The van der Waals surface area contributed by atoms with Crippen molar-refractivity contribution < 1.29 is 14.1 Å². The number of hydrogen-bond acceptors (Lipinski definition) is 5. The van der Waals surface area contributed by atoms with Crippen molar-refractivity contribution in [1.82, 2.24) is 14.3 Å². The molecule has 8 nitrogen and oxygen atoms in total. The number of anilines is 1. The van der Waals surface area contributed by atoms with Crippen molar-refractivity contribution in [1.29, 1.82) is 0 Å². The average Bonchev–Trinajstić information content (AvgIpc) is 3.27. The van der Waals surface area contributed by atoms with Gasteiger partial charge in [-0.15, -0.1) is 0 Å². The van der Waals surface area contributed by atoms with Gasteiger partial charge >= 0.3 is 5.69 Å². The van der Waals surface area contributed by atoms with Gasteiger partial charge in [0.1, 0.15) is 18.1 Å². The summed E-state index contributed by atoms with van der Waals surface area (Å²) in [5, 5.41) is 8.82. The number of nitrogens with zero attached hydrogens (tertiary/aromatic N) is 3. The lowest BCUT2D eigenvalue weighted by Crippen LogP contribution is -2.19. The molecule has 0 atom stereocenters. The van der Waals surface area contributed by atoms with Gasteiger partial charge in [0.2, 0.25) is 0 Å². The van der Waals surface area contributed by atoms with Crippen LogP contribution >= 0.6 is 0 Å². The molecule has 0 saturated carbocycles. The average molecular weight is 457 g/mol. The highest BCUT2D eigenvalue weighted by Gasteiger charge is 2.18. The summed E-state index contributed by atoms with van der Waals surface area (Å²) < 4.78 is 14.5. The largest absolute Gasteiger partial charge is 0.488 e. The Balaban J connectivity index is 1.50. The number of aromatic nitrogens is 3. The molecule has 1 N–H and O–H groups in total. The minimum Gasteiger partial charge on any atom is -0.488 e. The topological polar surface area (TPSA) is 91.3 Å². The number of aryl methyl sites for hydroxylation is 4. The van der Waals surface area contributed by atoms with E-state index in [0.29, 0.717) is 22.8 Å². The van der Waals surface area contributed by atoms with Crippen molar-refractivity contribution in [2.75, 3.05) is 5.32 Å². The van der Waals surface area contributed by atoms with Crippen molar-refractivity contribution in [3.05, 3.63) is 87.7 Å². The molecule has 2 heterocycles. The van der Waals surface area contributed by atoms with E-state index in [0.717, 1.165) is 33.1 Å². The summed E-state index contributed by atoms with van der Waals surface area (Å²) in [6.07, 6.45) is 0. The Bertz CT molecular complexity index is 1600. The van der Waals surface area contributed by atoms with Crippen molar-refractivity contribution >= 4 is 33.4 Å². The first-order valence-electron chi connectivity index (χ1n) is 10.9. The van der Waals surface area contributed by atoms with Gasteiger partial charge in [-0.1, -0.05) is 29.4 Å². The molecule has 172 valence electrons. The third kappa shape index (κ3) is 3.63. The summed E-state index contributed by atoms with van der Waals surface area (Å²) in [4.78, 5) is 25.6. The highest BCUT2D eigenvalue weighted by molar-refractivity contribution is 6.09. The van der Waals surface area contributed by atoms with Crippen molar-refractivity contribution in [2.45, 2.75) is 20.5 Å². The molecular weight excluding hydrogens is 432 g/mol.